The monoisotopic (exact) mass is 306 g/mol. The number of amides is 2. The summed E-state index contributed by atoms with van der Waals surface area (Å²) in [6.45, 7) is 3.62. The maximum Gasteiger partial charge on any atom is 0.251 e. The van der Waals surface area contributed by atoms with Crippen molar-refractivity contribution in [2.45, 2.75) is 44.4 Å². The molecule has 114 valence electrons. The average Bonchev–Trinajstić information content (AvgIpc) is 2.86. The lowest BCUT2D eigenvalue weighted by molar-refractivity contribution is -0.114. The van der Waals surface area contributed by atoms with Crippen LogP contribution in [0.15, 0.2) is 24.3 Å². The number of anilines is 1. The lowest BCUT2D eigenvalue weighted by Gasteiger charge is -2.20. The highest BCUT2D eigenvalue weighted by Gasteiger charge is 2.28. The van der Waals surface area contributed by atoms with E-state index in [1.54, 1.807) is 24.3 Å². The zero-order chi connectivity index (χ0) is 15.2. The number of carbonyl (C=O) groups excluding carboxylic acids is 2. The Kier molecular flexibility index (Phi) is 5.67. The van der Waals surface area contributed by atoms with Crippen LogP contribution in [0.4, 0.5) is 5.69 Å². The van der Waals surface area contributed by atoms with E-state index in [4.69, 9.17) is 0 Å². The molecule has 1 aromatic carbocycles. The summed E-state index contributed by atoms with van der Waals surface area (Å²) in [5, 5.41) is 6.38. The van der Waals surface area contributed by atoms with Crippen LogP contribution < -0.4 is 10.6 Å². The Morgan fingerprint density at radius 3 is 2.57 bits per heavy atom. The second kappa shape index (κ2) is 7.50. The summed E-state index contributed by atoms with van der Waals surface area (Å²) in [6.07, 6.45) is 3.43. The van der Waals surface area contributed by atoms with Crippen LogP contribution in [0.2, 0.25) is 0 Å². The van der Waals surface area contributed by atoms with Gasteiger partial charge in [-0.2, -0.15) is 11.8 Å². The molecule has 1 saturated carbocycles. The van der Waals surface area contributed by atoms with Crippen molar-refractivity contribution in [3.63, 3.8) is 0 Å². The summed E-state index contributed by atoms with van der Waals surface area (Å²) in [7, 11) is 0. The molecule has 21 heavy (non-hydrogen) atoms. The van der Waals surface area contributed by atoms with E-state index >= 15 is 0 Å². The molecule has 0 unspecified atom stereocenters. The average molecular weight is 306 g/mol. The molecule has 2 N–H and O–H groups in total. The predicted molar refractivity (Wildman–Crippen MR) is 87.8 cm³/mol. The van der Waals surface area contributed by atoms with E-state index in [0.29, 0.717) is 16.5 Å². The first kappa shape index (κ1) is 15.9. The van der Waals surface area contributed by atoms with Gasteiger partial charge in [0.05, 0.1) is 0 Å². The highest BCUT2D eigenvalue weighted by Crippen LogP contribution is 2.30. The maximum atomic E-state index is 12.3. The Hall–Kier alpha value is -1.49. The van der Waals surface area contributed by atoms with E-state index in [1.807, 2.05) is 11.8 Å². The molecule has 0 radical (unpaired) electrons. The van der Waals surface area contributed by atoms with Crippen molar-refractivity contribution in [1.29, 1.82) is 0 Å². The molecule has 1 aliphatic carbocycles. The van der Waals surface area contributed by atoms with Gasteiger partial charge in [0.1, 0.15) is 0 Å². The summed E-state index contributed by atoms with van der Waals surface area (Å²) < 4.78 is 0. The minimum atomic E-state index is -0.113. The molecule has 0 aromatic heterocycles. The standard InChI is InChI=1S/C16H22N2O2S/c1-3-21-15-6-4-5-14(15)18-16(20)12-7-9-13(10-8-12)17-11(2)19/h7-10,14-15H,3-6H2,1-2H3,(H,17,19)(H,18,20)/t14-,15+/m1/s1. The van der Waals surface area contributed by atoms with Crippen molar-refractivity contribution in [3.05, 3.63) is 29.8 Å². The van der Waals surface area contributed by atoms with Crippen LogP contribution in [-0.4, -0.2) is 28.9 Å². The molecule has 0 spiro atoms. The number of thioether (sulfide) groups is 1. The van der Waals surface area contributed by atoms with Crippen molar-refractivity contribution >= 4 is 29.3 Å². The summed E-state index contributed by atoms with van der Waals surface area (Å²) >= 11 is 1.93. The Balaban J connectivity index is 1.95. The van der Waals surface area contributed by atoms with Crippen LogP contribution in [0.5, 0.6) is 0 Å². The van der Waals surface area contributed by atoms with Gasteiger partial charge in [0.2, 0.25) is 5.91 Å². The van der Waals surface area contributed by atoms with E-state index in [-0.39, 0.29) is 17.9 Å². The largest absolute Gasteiger partial charge is 0.348 e. The molecule has 2 rings (SSSR count). The fraction of sp³-hybridized carbons (Fsp3) is 0.500. The van der Waals surface area contributed by atoms with Crippen LogP contribution in [0.1, 0.15) is 43.5 Å². The third-order valence-electron chi connectivity index (χ3n) is 3.62. The zero-order valence-corrected chi connectivity index (χ0v) is 13.3. The molecule has 0 saturated heterocycles. The van der Waals surface area contributed by atoms with E-state index in [0.717, 1.165) is 12.2 Å². The van der Waals surface area contributed by atoms with Crippen molar-refractivity contribution in [1.82, 2.24) is 5.32 Å². The molecule has 0 aliphatic heterocycles. The van der Waals surface area contributed by atoms with Gasteiger partial charge in [-0.15, -0.1) is 0 Å². The minimum Gasteiger partial charge on any atom is -0.348 e. The Morgan fingerprint density at radius 1 is 1.24 bits per heavy atom. The van der Waals surface area contributed by atoms with Gasteiger partial charge in [-0.25, -0.2) is 0 Å². The van der Waals surface area contributed by atoms with Gasteiger partial charge in [-0.1, -0.05) is 13.3 Å². The predicted octanol–water partition coefficient (Wildman–Crippen LogP) is 3.05. The fourth-order valence-corrected chi connectivity index (χ4v) is 3.86. The Labute approximate surface area is 130 Å². The SMILES string of the molecule is CCS[C@H]1CCC[C@H]1NC(=O)c1ccc(NC(C)=O)cc1. The highest BCUT2D eigenvalue weighted by molar-refractivity contribution is 7.99. The Morgan fingerprint density at radius 2 is 1.95 bits per heavy atom. The molecule has 1 fully saturated rings. The number of hydrogen-bond donors (Lipinski definition) is 2. The normalized spacial score (nSPS) is 21.0. The molecule has 1 aliphatic rings. The van der Waals surface area contributed by atoms with Crippen LogP contribution in [0.25, 0.3) is 0 Å². The van der Waals surface area contributed by atoms with Crippen molar-refractivity contribution in [3.8, 4) is 0 Å². The van der Waals surface area contributed by atoms with Gasteiger partial charge in [0.25, 0.3) is 5.91 Å². The molecule has 0 bridgehead atoms. The van der Waals surface area contributed by atoms with E-state index in [9.17, 15) is 9.59 Å². The molecule has 0 heterocycles. The van der Waals surface area contributed by atoms with Crippen LogP contribution in [0.3, 0.4) is 0 Å². The number of benzene rings is 1. The van der Waals surface area contributed by atoms with Crippen LogP contribution >= 0.6 is 11.8 Å². The third kappa shape index (κ3) is 4.49. The number of hydrogen-bond acceptors (Lipinski definition) is 3. The quantitative estimate of drug-likeness (QED) is 0.879. The number of rotatable bonds is 5. The van der Waals surface area contributed by atoms with Gasteiger partial charge < -0.3 is 10.6 Å². The van der Waals surface area contributed by atoms with Crippen LogP contribution in [0, 0.1) is 0 Å². The third-order valence-corrected chi connectivity index (χ3v) is 4.94. The van der Waals surface area contributed by atoms with Gasteiger partial charge in [-0.3, -0.25) is 9.59 Å². The first-order valence-electron chi connectivity index (χ1n) is 7.40. The zero-order valence-electron chi connectivity index (χ0n) is 12.5. The number of nitrogens with one attached hydrogen (secondary N) is 2. The molecular weight excluding hydrogens is 284 g/mol. The lowest BCUT2D eigenvalue weighted by Crippen LogP contribution is -2.38. The smallest absolute Gasteiger partial charge is 0.251 e. The second-order valence-corrected chi connectivity index (χ2v) is 6.78. The molecule has 5 heteroatoms. The molecule has 2 atom stereocenters. The van der Waals surface area contributed by atoms with E-state index in [1.165, 1.54) is 19.8 Å². The van der Waals surface area contributed by atoms with Gasteiger partial charge in [0, 0.05) is 29.5 Å². The first-order chi connectivity index (χ1) is 10.1. The molecular formula is C16H22N2O2S. The summed E-state index contributed by atoms with van der Waals surface area (Å²) in [6, 6.07) is 7.28. The van der Waals surface area contributed by atoms with Crippen molar-refractivity contribution in [2.24, 2.45) is 0 Å². The fourth-order valence-electron chi connectivity index (χ4n) is 2.66. The second-order valence-electron chi connectivity index (χ2n) is 5.26. The van der Waals surface area contributed by atoms with Crippen molar-refractivity contribution in [2.75, 3.05) is 11.1 Å². The van der Waals surface area contributed by atoms with Gasteiger partial charge in [-0.05, 0) is 42.9 Å². The van der Waals surface area contributed by atoms with Crippen molar-refractivity contribution < 1.29 is 9.59 Å². The lowest BCUT2D eigenvalue weighted by atomic mass is 10.1. The first-order valence-corrected chi connectivity index (χ1v) is 8.45. The van der Waals surface area contributed by atoms with Gasteiger partial charge >= 0.3 is 0 Å². The molecule has 4 nitrogen and oxygen atoms in total. The Bertz CT molecular complexity index is 502. The van der Waals surface area contributed by atoms with Crippen LogP contribution in [-0.2, 0) is 4.79 Å². The van der Waals surface area contributed by atoms with E-state index in [2.05, 4.69) is 17.6 Å². The number of carbonyl (C=O) groups is 2. The summed E-state index contributed by atoms with van der Waals surface area (Å²) in [5.74, 6) is 0.943. The molecule has 2 amide bonds. The van der Waals surface area contributed by atoms with E-state index < -0.39 is 0 Å². The summed E-state index contributed by atoms with van der Waals surface area (Å²) in [5.41, 5.74) is 1.34. The minimum absolute atomic E-state index is 0.0296. The maximum absolute atomic E-state index is 12.3. The van der Waals surface area contributed by atoms with Gasteiger partial charge in [0.15, 0.2) is 0 Å². The summed E-state index contributed by atoms with van der Waals surface area (Å²) in [4.78, 5) is 23.2. The molecule has 1 aromatic rings. The topological polar surface area (TPSA) is 58.2 Å². The highest BCUT2D eigenvalue weighted by atomic mass is 32.2.